The van der Waals surface area contributed by atoms with Crippen LogP contribution < -0.4 is 15.0 Å². The van der Waals surface area contributed by atoms with Gasteiger partial charge in [-0.3, -0.25) is 0 Å². The standard InChI is InChI=1S/C17H13F3N2O.H4N2O2S/c1-23-16-8-7-11(9-13(16)18)15-10-14(17(19)20)21-22(15)12-5-3-2-4-6-12;1-5(2,3)4/h2-10,17H,1H3;(H4,1,2,3,4). The van der Waals surface area contributed by atoms with Gasteiger partial charge in [0.15, 0.2) is 11.6 Å². The highest BCUT2D eigenvalue weighted by Gasteiger charge is 2.18. The van der Waals surface area contributed by atoms with Crippen LogP contribution in [0.2, 0.25) is 0 Å². The van der Waals surface area contributed by atoms with Crippen LogP contribution in [0, 0.1) is 5.82 Å². The van der Waals surface area contributed by atoms with Gasteiger partial charge in [-0.15, -0.1) is 0 Å². The van der Waals surface area contributed by atoms with E-state index in [2.05, 4.69) is 15.4 Å². The number of halogens is 3. The number of methoxy groups -OCH3 is 1. The summed E-state index contributed by atoms with van der Waals surface area (Å²) in [7, 11) is -2.30. The third-order valence-electron chi connectivity index (χ3n) is 3.40. The van der Waals surface area contributed by atoms with E-state index in [-0.39, 0.29) is 11.4 Å². The molecular formula is C17H17F3N4O3S. The summed E-state index contributed by atoms with van der Waals surface area (Å²) in [5, 5.41) is 12.1. The quantitative estimate of drug-likeness (QED) is 0.683. The molecule has 0 fully saturated rings. The van der Waals surface area contributed by atoms with Crippen LogP contribution in [0.15, 0.2) is 54.6 Å². The summed E-state index contributed by atoms with van der Waals surface area (Å²) in [6, 6.07) is 14.4. The molecule has 2 aromatic carbocycles. The van der Waals surface area contributed by atoms with Crippen LogP contribution in [0.25, 0.3) is 16.9 Å². The van der Waals surface area contributed by atoms with Crippen molar-refractivity contribution in [3.63, 3.8) is 0 Å². The van der Waals surface area contributed by atoms with Crippen molar-refractivity contribution in [3.8, 4) is 22.7 Å². The molecule has 0 atom stereocenters. The third-order valence-corrected chi connectivity index (χ3v) is 3.40. The average Bonchev–Trinajstić information content (AvgIpc) is 3.07. The molecular weight excluding hydrogens is 397 g/mol. The average molecular weight is 414 g/mol. The third kappa shape index (κ3) is 5.81. The Kier molecular flexibility index (Phi) is 6.78. The molecule has 28 heavy (non-hydrogen) atoms. The molecule has 1 heterocycles. The van der Waals surface area contributed by atoms with Gasteiger partial charge in [0, 0.05) is 5.56 Å². The molecule has 0 bridgehead atoms. The lowest BCUT2D eigenvalue weighted by Gasteiger charge is -2.09. The molecule has 0 aliphatic carbocycles. The lowest BCUT2D eigenvalue weighted by molar-refractivity contribution is 0.145. The molecule has 0 saturated heterocycles. The number of ether oxygens (including phenoxy) is 1. The van der Waals surface area contributed by atoms with Crippen LogP contribution in [0.1, 0.15) is 12.1 Å². The van der Waals surface area contributed by atoms with Gasteiger partial charge in [-0.1, -0.05) is 18.2 Å². The predicted molar refractivity (Wildman–Crippen MR) is 97.8 cm³/mol. The minimum atomic E-state index is -3.67. The van der Waals surface area contributed by atoms with Gasteiger partial charge in [0.1, 0.15) is 5.69 Å². The van der Waals surface area contributed by atoms with Gasteiger partial charge in [0.2, 0.25) is 0 Å². The second-order valence-corrected chi connectivity index (χ2v) is 6.62. The molecule has 0 amide bonds. The lowest BCUT2D eigenvalue weighted by Crippen LogP contribution is -2.21. The minimum Gasteiger partial charge on any atom is -0.494 e. The molecule has 0 aliphatic rings. The van der Waals surface area contributed by atoms with Crippen LogP contribution in [-0.4, -0.2) is 25.3 Å². The Morgan fingerprint density at radius 1 is 1.07 bits per heavy atom. The largest absolute Gasteiger partial charge is 0.494 e. The molecule has 4 N–H and O–H groups in total. The van der Waals surface area contributed by atoms with Gasteiger partial charge in [-0.05, 0) is 36.4 Å². The van der Waals surface area contributed by atoms with E-state index in [9.17, 15) is 21.6 Å². The lowest BCUT2D eigenvalue weighted by atomic mass is 10.1. The molecule has 11 heteroatoms. The van der Waals surface area contributed by atoms with E-state index >= 15 is 0 Å². The van der Waals surface area contributed by atoms with E-state index < -0.39 is 22.5 Å². The van der Waals surface area contributed by atoms with E-state index in [1.807, 2.05) is 6.07 Å². The van der Waals surface area contributed by atoms with Crippen molar-refractivity contribution in [1.82, 2.24) is 9.78 Å². The number of benzene rings is 2. The van der Waals surface area contributed by atoms with Crippen LogP contribution in [0.5, 0.6) is 5.75 Å². The Labute approximate surface area is 159 Å². The van der Waals surface area contributed by atoms with Crippen molar-refractivity contribution in [1.29, 1.82) is 0 Å². The first kappa shape index (κ1) is 21.4. The first-order valence-electron chi connectivity index (χ1n) is 7.68. The zero-order valence-corrected chi connectivity index (χ0v) is 15.4. The summed E-state index contributed by atoms with van der Waals surface area (Å²) in [6.45, 7) is 0. The van der Waals surface area contributed by atoms with Crippen molar-refractivity contribution < 1.29 is 26.3 Å². The highest BCUT2D eigenvalue weighted by molar-refractivity contribution is 7.86. The normalized spacial score (nSPS) is 11.1. The Morgan fingerprint density at radius 2 is 1.68 bits per heavy atom. The Morgan fingerprint density at radius 3 is 2.18 bits per heavy atom. The zero-order valence-electron chi connectivity index (χ0n) is 14.6. The summed E-state index contributed by atoms with van der Waals surface area (Å²) in [5.41, 5.74) is 1.07. The van der Waals surface area contributed by atoms with Gasteiger partial charge in [0.05, 0.1) is 18.5 Å². The number of aromatic nitrogens is 2. The molecule has 3 aromatic rings. The van der Waals surface area contributed by atoms with Gasteiger partial charge in [0.25, 0.3) is 16.6 Å². The summed E-state index contributed by atoms with van der Waals surface area (Å²) >= 11 is 0. The number of hydrogen-bond acceptors (Lipinski definition) is 4. The van der Waals surface area contributed by atoms with Crippen molar-refractivity contribution in [3.05, 3.63) is 66.1 Å². The van der Waals surface area contributed by atoms with Crippen LogP contribution in [0.4, 0.5) is 13.2 Å². The van der Waals surface area contributed by atoms with Gasteiger partial charge in [-0.2, -0.15) is 13.5 Å². The summed E-state index contributed by atoms with van der Waals surface area (Å²) in [4.78, 5) is 0. The highest BCUT2D eigenvalue weighted by atomic mass is 32.2. The smallest absolute Gasteiger partial charge is 0.282 e. The first-order valence-corrected chi connectivity index (χ1v) is 9.29. The Bertz CT molecular complexity index is 1030. The predicted octanol–water partition coefficient (Wildman–Crippen LogP) is 2.77. The second kappa shape index (κ2) is 8.87. The first-order chi connectivity index (χ1) is 13.1. The van der Waals surface area contributed by atoms with Gasteiger partial charge >= 0.3 is 0 Å². The number of alkyl halides is 2. The molecule has 0 aliphatic heterocycles. The highest BCUT2D eigenvalue weighted by Crippen LogP contribution is 2.30. The fraction of sp³-hybridized carbons (Fsp3) is 0.118. The molecule has 0 radical (unpaired) electrons. The summed E-state index contributed by atoms with van der Waals surface area (Å²) in [6.07, 6.45) is -2.71. The molecule has 0 saturated carbocycles. The molecule has 0 unspecified atom stereocenters. The van der Waals surface area contributed by atoms with Crippen molar-refractivity contribution in [2.45, 2.75) is 6.43 Å². The van der Waals surface area contributed by atoms with Crippen molar-refractivity contribution >= 4 is 10.2 Å². The molecule has 150 valence electrons. The zero-order chi connectivity index (χ0) is 20.9. The maximum Gasteiger partial charge on any atom is 0.282 e. The maximum atomic E-state index is 13.9. The van der Waals surface area contributed by atoms with Crippen molar-refractivity contribution in [2.75, 3.05) is 7.11 Å². The topological polar surface area (TPSA) is 113 Å². The fourth-order valence-corrected chi connectivity index (χ4v) is 2.30. The van der Waals surface area contributed by atoms with Crippen LogP contribution in [-0.2, 0) is 10.2 Å². The minimum absolute atomic E-state index is 0.0913. The van der Waals surface area contributed by atoms with Crippen molar-refractivity contribution in [2.24, 2.45) is 10.3 Å². The van der Waals surface area contributed by atoms with E-state index in [0.29, 0.717) is 16.9 Å². The summed E-state index contributed by atoms with van der Waals surface area (Å²) in [5.74, 6) is -0.474. The van der Waals surface area contributed by atoms with E-state index in [4.69, 9.17) is 4.74 Å². The number of nitrogens with zero attached hydrogens (tertiary/aromatic N) is 2. The van der Waals surface area contributed by atoms with Gasteiger partial charge in [-0.25, -0.2) is 28.1 Å². The van der Waals surface area contributed by atoms with Crippen LogP contribution in [0.3, 0.4) is 0 Å². The maximum absolute atomic E-state index is 13.9. The fourth-order valence-electron chi connectivity index (χ4n) is 2.30. The molecule has 3 rings (SSSR count). The number of para-hydroxylation sites is 1. The Hall–Kier alpha value is -2.89. The Balaban J connectivity index is 0.000000500. The monoisotopic (exact) mass is 414 g/mol. The second-order valence-electron chi connectivity index (χ2n) is 5.44. The van der Waals surface area contributed by atoms with E-state index in [0.717, 1.165) is 0 Å². The van der Waals surface area contributed by atoms with Crippen LogP contribution >= 0.6 is 0 Å². The summed E-state index contributed by atoms with van der Waals surface area (Å²) < 4.78 is 64.6. The number of nitrogens with two attached hydrogens (primary N) is 2. The number of rotatable bonds is 4. The SMILES string of the molecule is COc1ccc(-c2cc(C(F)F)nn2-c2ccccc2)cc1F.NS(N)(=O)=O. The molecule has 7 nitrogen and oxygen atoms in total. The number of hydrogen-bond donors (Lipinski definition) is 2. The van der Waals surface area contributed by atoms with Gasteiger partial charge < -0.3 is 4.74 Å². The molecule has 1 aromatic heterocycles. The molecule has 0 spiro atoms. The van der Waals surface area contributed by atoms with E-state index in [1.54, 1.807) is 30.3 Å². The van der Waals surface area contributed by atoms with E-state index in [1.165, 1.54) is 30.0 Å².